The van der Waals surface area contributed by atoms with Crippen molar-refractivity contribution in [3.05, 3.63) is 11.8 Å². The van der Waals surface area contributed by atoms with Gasteiger partial charge in [-0.25, -0.2) is 0 Å². The minimum Gasteiger partial charge on any atom is -0.504 e. The van der Waals surface area contributed by atoms with Crippen molar-refractivity contribution in [3.63, 3.8) is 0 Å². The van der Waals surface area contributed by atoms with Crippen LogP contribution in [0.4, 0.5) is 0 Å². The average Bonchev–Trinajstić information content (AvgIpc) is 2.08. The molecule has 2 unspecified atom stereocenters. The normalized spacial score (nSPS) is 41.5. The monoisotopic (exact) mass is 209 g/mol. The van der Waals surface area contributed by atoms with Gasteiger partial charge in [0.1, 0.15) is 0 Å². The molecule has 1 saturated carbocycles. The summed E-state index contributed by atoms with van der Waals surface area (Å²) in [4.78, 5) is 2.48. The number of ether oxygens (including phenoxy) is 1. The summed E-state index contributed by atoms with van der Waals surface area (Å²) in [5.41, 5.74) is 2.23. The van der Waals surface area contributed by atoms with Crippen LogP contribution in [0.15, 0.2) is 11.8 Å². The third kappa shape index (κ3) is 1.69. The van der Waals surface area contributed by atoms with Crippen LogP contribution < -0.4 is 0 Å². The Morgan fingerprint density at radius 3 is 2.20 bits per heavy atom. The van der Waals surface area contributed by atoms with Crippen LogP contribution in [-0.2, 0) is 4.74 Å². The molecule has 0 aromatic rings. The Balaban J connectivity index is 2.39. The van der Waals surface area contributed by atoms with Crippen molar-refractivity contribution >= 4 is 0 Å². The van der Waals surface area contributed by atoms with Gasteiger partial charge in [0, 0.05) is 23.9 Å². The molecule has 1 saturated heterocycles. The molecule has 2 heteroatoms. The first kappa shape index (κ1) is 11.0. The Bertz CT molecular complexity index is 264. The van der Waals surface area contributed by atoms with Crippen LogP contribution >= 0.6 is 0 Å². The lowest BCUT2D eigenvalue weighted by Crippen LogP contribution is -2.53. The molecule has 0 amide bonds. The first-order valence-electron chi connectivity index (χ1n) is 5.93. The van der Waals surface area contributed by atoms with Crippen molar-refractivity contribution in [2.75, 3.05) is 27.2 Å². The second kappa shape index (κ2) is 3.51. The molecule has 2 nitrogen and oxygen atoms in total. The summed E-state index contributed by atoms with van der Waals surface area (Å²) in [6, 6.07) is 0. The fourth-order valence-electron chi connectivity index (χ4n) is 3.84. The molecule has 2 rings (SSSR count). The van der Waals surface area contributed by atoms with E-state index in [9.17, 15) is 0 Å². The number of fused-ring (bicyclic) bond motifs is 2. The quantitative estimate of drug-likeness (QED) is 0.616. The zero-order chi connectivity index (χ0) is 11.1. The molecule has 15 heavy (non-hydrogen) atoms. The Labute approximate surface area is 93.3 Å². The Hall–Kier alpha value is -0.500. The van der Waals surface area contributed by atoms with Gasteiger partial charge in [-0.3, -0.25) is 0 Å². The predicted octanol–water partition coefficient (Wildman–Crippen LogP) is 2.66. The van der Waals surface area contributed by atoms with E-state index in [1.165, 1.54) is 32.4 Å². The zero-order valence-electron chi connectivity index (χ0n) is 10.5. The van der Waals surface area contributed by atoms with Gasteiger partial charge in [0.2, 0.25) is 0 Å². The number of piperidine rings is 1. The molecular weight excluding hydrogens is 186 g/mol. The molecule has 0 aromatic heterocycles. The fourth-order valence-corrected chi connectivity index (χ4v) is 3.84. The van der Waals surface area contributed by atoms with E-state index < -0.39 is 0 Å². The summed E-state index contributed by atoms with van der Waals surface area (Å²) in [5, 5.41) is 0. The summed E-state index contributed by atoms with van der Waals surface area (Å²) >= 11 is 0. The van der Waals surface area contributed by atoms with Crippen molar-refractivity contribution in [2.24, 2.45) is 10.8 Å². The third-order valence-corrected chi connectivity index (χ3v) is 4.23. The minimum atomic E-state index is 0.343. The molecule has 1 aliphatic carbocycles. The molecule has 2 atom stereocenters. The number of methoxy groups -OCH3 is 1. The second-order valence-corrected chi connectivity index (χ2v) is 5.91. The van der Waals surface area contributed by atoms with Crippen LogP contribution in [-0.4, -0.2) is 32.1 Å². The summed E-state index contributed by atoms with van der Waals surface area (Å²) in [7, 11) is 4.01. The maximum absolute atomic E-state index is 5.30. The highest BCUT2D eigenvalue weighted by atomic mass is 16.5. The van der Waals surface area contributed by atoms with Crippen LogP contribution in [0.5, 0.6) is 0 Å². The Morgan fingerprint density at radius 1 is 1.20 bits per heavy atom. The topological polar surface area (TPSA) is 12.5 Å². The minimum absolute atomic E-state index is 0.343. The highest BCUT2D eigenvalue weighted by molar-refractivity contribution is 5.26. The summed E-state index contributed by atoms with van der Waals surface area (Å²) in [6.45, 7) is 7.14. The van der Waals surface area contributed by atoms with Crippen molar-refractivity contribution in [2.45, 2.75) is 33.1 Å². The number of likely N-dealkylation sites (tertiary alicyclic amines) is 1. The smallest absolute Gasteiger partial charge is 0.0828 e. The van der Waals surface area contributed by atoms with Gasteiger partial charge in [0.25, 0.3) is 0 Å². The van der Waals surface area contributed by atoms with Crippen LogP contribution in [0.3, 0.4) is 0 Å². The molecule has 2 bridgehead atoms. The van der Waals surface area contributed by atoms with Crippen LogP contribution in [0.1, 0.15) is 33.1 Å². The van der Waals surface area contributed by atoms with Crippen molar-refractivity contribution in [1.82, 2.24) is 4.90 Å². The van der Waals surface area contributed by atoms with Crippen LogP contribution in [0.25, 0.3) is 0 Å². The molecule has 0 spiro atoms. The average molecular weight is 209 g/mol. The maximum Gasteiger partial charge on any atom is 0.0828 e. The second-order valence-electron chi connectivity index (χ2n) is 5.91. The molecule has 0 radical (unpaired) electrons. The van der Waals surface area contributed by atoms with E-state index in [1.807, 2.05) is 6.26 Å². The standard InChI is InChI=1S/C13H23NO/c1-12-6-5-7-13(2,10-14(3)9-12)11(12)8-15-4/h8H,5-7,9-10H2,1-4H3. The van der Waals surface area contributed by atoms with E-state index >= 15 is 0 Å². The van der Waals surface area contributed by atoms with Gasteiger partial charge in [0.05, 0.1) is 13.4 Å². The number of hydrogen-bond donors (Lipinski definition) is 0. The van der Waals surface area contributed by atoms with Crippen LogP contribution in [0.2, 0.25) is 0 Å². The van der Waals surface area contributed by atoms with E-state index in [-0.39, 0.29) is 0 Å². The Morgan fingerprint density at radius 2 is 1.73 bits per heavy atom. The van der Waals surface area contributed by atoms with Crippen molar-refractivity contribution < 1.29 is 4.74 Å². The van der Waals surface area contributed by atoms with Gasteiger partial charge >= 0.3 is 0 Å². The summed E-state index contributed by atoms with van der Waals surface area (Å²) in [5.74, 6) is 0. The molecule has 0 N–H and O–H groups in total. The van der Waals surface area contributed by atoms with Crippen molar-refractivity contribution in [3.8, 4) is 0 Å². The number of nitrogens with zero attached hydrogens (tertiary/aromatic N) is 1. The summed E-state index contributed by atoms with van der Waals surface area (Å²) < 4.78 is 5.30. The highest BCUT2D eigenvalue weighted by Gasteiger charge is 2.49. The lowest BCUT2D eigenvalue weighted by molar-refractivity contribution is 0.0416. The molecular formula is C13H23NO. The molecule has 2 aliphatic rings. The third-order valence-electron chi connectivity index (χ3n) is 4.23. The summed E-state index contributed by atoms with van der Waals surface area (Å²) in [6.07, 6.45) is 6.00. The van der Waals surface area contributed by atoms with E-state index in [0.717, 1.165) is 0 Å². The van der Waals surface area contributed by atoms with Gasteiger partial charge in [-0.2, -0.15) is 0 Å². The van der Waals surface area contributed by atoms with Gasteiger partial charge in [-0.15, -0.1) is 0 Å². The van der Waals surface area contributed by atoms with Gasteiger partial charge in [-0.1, -0.05) is 20.3 Å². The SMILES string of the molecule is COC=C1C2(C)CCCC1(C)CN(C)C2. The van der Waals surface area contributed by atoms with E-state index in [2.05, 4.69) is 25.8 Å². The van der Waals surface area contributed by atoms with Gasteiger partial charge in [-0.05, 0) is 25.5 Å². The predicted molar refractivity (Wildman–Crippen MR) is 62.7 cm³/mol. The highest BCUT2D eigenvalue weighted by Crippen LogP contribution is 2.54. The molecule has 2 fully saturated rings. The largest absolute Gasteiger partial charge is 0.504 e. The lowest BCUT2D eigenvalue weighted by atomic mass is 9.57. The Kier molecular flexibility index (Phi) is 2.58. The first-order valence-corrected chi connectivity index (χ1v) is 5.93. The lowest BCUT2D eigenvalue weighted by Gasteiger charge is -2.54. The molecule has 86 valence electrons. The molecule has 1 heterocycles. The number of rotatable bonds is 1. The fraction of sp³-hybridized carbons (Fsp3) is 0.846. The molecule has 0 aromatic carbocycles. The van der Waals surface area contributed by atoms with Gasteiger partial charge in [0.15, 0.2) is 0 Å². The molecule has 1 aliphatic heterocycles. The maximum atomic E-state index is 5.30. The van der Waals surface area contributed by atoms with Crippen LogP contribution in [0, 0.1) is 10.8 Å². The van der Waals surface area contributed by atoms with E-state index in [1.54, 1.807) is 12.7 Å². The van der Waals surface area contributed by atoms with E-state index in [0.29, 0.717) is 10.8 Å². The van der Waals surface area contributed by atoms with Gasteiger partial charge < -0.3 is 9.64 Å². The van der Waals surface area contributed by atoms with Crippen molar-refractivity contribution in [1.29, 1.82) is 0 Å². The zero-order valence-corrected chi connectivity index (χ0v) is 10.5. The first-order chi connectivity index (χ1) is 7.00. The number of hydrogen-bond acceptors (Lipinski definition) is 2. The van der Waals surface area contributed by atoms with E-state index in [4.69, 9.17) is 4.74 Å².